The van der Waals surface area contributed by atoms with Crippen LogP contribution in [0.3, 0.4) is 0 Å². The molecule has 0 aromatic carbocycles. The minimum atomic E-state index is -0.242. The molecule has 0 unspecified atom stereocenters. The van der Waals surface area contributed by atoms with Gasteiger partial charge in [0, 0.05) is 43.8 Å². The van der Waals surface area contributed by atoms with Gasteiger partial charge in [-0.05, 0) is 26.0 Å². The zero-order valence-corrected chi connectivity index (χ0v) is 12.1. The number of carbonyl (C=O) groups excluding carboxylic acids is 1. The van der Waals surface area contributed by atoms with Gasteiger partial charge in [-0.25, -0.2) is 4.98 Å². The largest absolute Gasteiger partial charge is 0.341 e. The van der Waals surface area contributed by atoms with Crippen molar-refractivity contribution in [2.75, 3.05) is 7.05 Å². The molecule has 2 atom stereocenters. The second kappa shape index (κ2) is 6.32. The summed E-state index contributed by atoms with van der Waals surface area (Å²) in [5.74, 6) is 0.0754. The lowest BCUT2D eigenvalue weighted by Crippen LogP contribution is -2.40. The zero-order valence-electron chi connectivity index (χ0n) is 12.1. The monoisotopic (exact) mass is 272 g/mol. The van der Waals surface area contributed by atoms with Crippen LogP contribution in [-0.2, 0) is 11.2 Å². The molecule has 0 aliphatic carbocycles. The molecule has 0 spiro atoms. The van der Waals surface area contributed by atoms with E-state index in [-0.39, 0.29) is 18.0 Å². The van der Waals surface area contributed by atoms with Crippen LogP contribution >= 0.6 is 0 Å². The summed E-state index contributed by atoms with van der Waals surface area (Å²) in [5.41, 5.74) is 0.995. The molecule has 2 aromatic rings. The molecule has 5 heteroatoms. The van der Waals surface area contributed by atoms with Crippen molar-refractivity contribution in [1.82, 2.24) is 19.4 Å². The average Bonchev–Trinajstić information content (AvgIpc) is 3.00. The van der Waals surface area contributed by atoms with E-state index in [9.17, 15) is 4.79 Å². The Balaban J connectivity index is 1.99. The Hall–Kier alpha value is -2.17. The highest BCUT2D eigenvalue weighted by atomic mass is 16.2. The van der Waals surface area contributed by atoms with Crippen LogP contribution in [-0.4, -0.2) is 38.4 Å². The number of hydrogen-bond acceptors (Lipinski definition) is 3. The highest BCUT2D eigenvalue weighted by Crippen LogP contribution is 2.12. The minimum absolute atomic E-state index is 0.0754. The fourth-order valence-electron chi connectivity index (χ4n) is 2.10. The molecule has 1 amide bonds. The maximum Gasteiger partial charge on any atom is 0.245 e. The smallest absolute Gasteiger partial charge is 0.245 e. The number of amides is 1. The van der Waals surface area contributed by atoms with Crippen LogP contribution in [0.15, 0.2) is 43.1 Å². The van der Waals surface area contributed by atoms with E-state index >= 15 is 0 Å². The summed E-state index contributed by atoms with van der Waals surface area (Å²) in [7, 11) is 1.84. The second-order valence-corrected chi connectivity index (χ2v) is 5.01. The quantitative estimate of drug-likeness (QED) is 0.835. The van der Waals surface area contributed by atoms with Gasteiger partial charge in [-0.15, -0.1) is 0 Å². The molecule has 0 radical (unpaired) electrons. The van der Waals surface area contributed by atoms with E-state index < -0.39 is 0 Å². The first kappa shape index (κ1) is 14.2. The first-order chi connectivity index (χ1) is 9.59. The molecule has 106 valence electrons. The fourth-order valence-corrected chi connectivity index (χ4v) is 2.10. The molecule has 0 aliphatic heterocycles. The summed E-state index contributed by atoms with van der Waals surface area (Å²) >= 11 is 0. The summed E-state index contributed by atoms with van der Waals surface area (Å²) in [6.07, 6.45) is 7.68. The highest BCUT2D eigenvalue weighted by Gasteiger charge is 2.22. The van der Waals surface area contributed by atoms with Gasteiger partial charge in [0.2, 0.25) is 5.91 Å². The summed E-state index contributed by atoms with van der Waals surface area (Å²) in [6.45, 7) is 3.92. The Kier molecular flexibility index (Phi) is 4.50. The number of likely N-dealkylation sites (N-methyl/N-ethyl adjacent to an activating group) is 1. The molecule has 0 saturated carbocycles. The van der Waals surface area contributed by atoms with E-state index in [0.29, 0.717) is 0 Å². The van der Waals surface area contributed by atoms with Gasteiger partial charge in [-0.2, -0.15) is 0 Å². The van der Waals surface area contributed by atoms with Crippen molar-refractivity contribution in [2.24, 2.45) is 0 Å². The van der Waals surface area contributed by atoms with E-state index in [1.54, 1.807) is 29.8 Å². The van der Waals surface area contributed by atoms with E-state index in [1.165, 1.54) is 0 Å². The Morgan fingerprint density at radius 2 is 2.15 bits per heavy atom. The SMILES string of the molecule is C[C@H](Cc1ccccn1)N(C)C(=O)[C@@H](C)n1ccnc1. The first-order valence-electron chi connectivity index (χ1n) is 6.73. The van der Waals surface area contributed by atoms with Crippen LogP contribution in [0.25, 0.3) is 0 Å². The molecule has 5 nitrogen and oxygen atoms in total. The van der Waals surface area contributed by atoms with E-state index in [1.807, 2.05) is 43.7 Å². The molecular weight excluding hydrogens is 252 g/mol. The number of rotatable bonds is 5. The topological polar surface area (TPSA) is 51.0 Å². The second-order valence-electron chi connectivity index (χ2n) is 5.01. The van der Waals surface area contributed by atoms with Crippen molar-refractivity contribution in [3.05, 3.63) is 48.8 Å². The number of hydrogen-bond donors (Lipinski definition) is 0. The molecule has 20 heavy (non-hydrogen) atoms. The predicted octanol–water partition coefficient (Wildman–Crippen LogP) is 1.93. The van der Waals surface area contributed by atoms with E-state index in [0.717, 1.165) is 12.1 Å². The van der Waals surface area contributed by atoms with Gasteiger partial charge in [0.25, 0.3) is 0 Å². The van der Waals surface area contributed by atoms with E-state index in [2.05, 4.69) is 9.97 Å². The third-order valence-electron chi connectivity index (χ3n) is 3.57. The van der Waals surface area contributed by atoms with Gasteiger partial charge in [0.15, 0.2) is 0 Å². The maximum atomic E-state index is 12.4. The normalized spacial score (nSPS) is 13.8. The van der Waals surface area contributed by atoms with Gasteiger partial charge in [-0.3, -0.25) is 9.78 Å². The molecule has 2 rings (SSSR count). The number of nitrogens with zero attached hydrogens (tertiary/aromatic N) is 4. The van der Waals surface area contributed by atoms with Crippen molar-refractivity contribution < 1.29 is 4.79 Å². The number of imidazole rings is 1. The number of carbonyl (C=O) groups is 1. The molecule has 0 saturated heterocycles. The fraction of sp³-hybridized carbons (Fsp3) is 0.400. The van der Waals surface area contributed by atoms with Crippen LogP contribution in [0.4, 0.5) is 0 Å². The summed E-state index contributed by atoms with van der Waals surface area (Å²) in [4.78, 5) is 22.5. The number of pyridine rings is 1. The summed E-state index contributed by atoms with van der Waals surface area (Å²) in [5, 5.41) is 0. The molecule has 0 aliphatic rings. The molecule has 0 bridgehead atoms. The Morgan fingerprint density at radius 3 is 2.75 bits per heavy atom. The zero-order chi connectivity index (χ0) is 14.5. The maximum absolute atomic E-state index is 12.4. The Labute approximate surface area is 119 Å². The third kappa shape index (κ3) is 3.23. The summed E-state index contributed by atoms with van der Waals surface area (Å²) in [6, 6.07) is 5.69. The highest BCUT2D eigenvalue weighted by molar-refractivity contribution is 5.80. The van der Waals surface area contributed by atoms with Gasteiger partial charge >= 0.3 is 0 Å². The molecule has 0 N–H and O–H groups in total. The molecule has 2 heterocycles. The van der Waals surface area contributed by atoms with Gasteiger partial charge in [0.05, 0.1) is 6.33 Å². The first-order valence-corrected chi connectivity index (χ1v) is 6.73. The Morgan fingerprint density at radius 1 is 1.35 bits per heavy atom. The number of aromatic nitrogens is 3. The van der Waals surface area contributed by atoms with Crippen LogP contribution in [0.5, 0.6) is 0 Å². The average molecular weight is 272 g/mol. The molecule has 2 aromatic heterocycles. The van der Waals surface area contributed by atoms with Crippen molar-refractivity contribution in [1.29, 1.82) is 0 Å². The van der Waals surface area contributed by atoms with Crippen molar-refractivity contribution in [2.45, 2.75) is 32.4 Å². The Bertz CT molecular complexity index is 538. The summed E-state index contributed by atoms with van der Waals surface area (Å²) < 4.78 is 1.81. The van der Waals surface area contributed by atoms with Crippen molar-refractivity contribution in [3.8, 4) is 0 Å². The van der Waals surface area contributed by atoms with Crippen LogP contribution < -0.4 is 0 Å². The van der Waals surface area contributed by atoms with Crippen LogP contribution in [0.2, 0.25) is 0 Å². The van der Waals surface area contributed by atoms with Crippen molar-refractivity contribution in [3.63, 3.8) is 0 Å². The lowest BCUT2D eigenvalue weighted by molar-refractivity contribution is -0.134. The third-order valence-corrected chi connectivity index (χ3v) is 3.57. The van der Waals surface area contributed by atoms with Crippen LogP contribution in [0, 0.1) is 0 Å². The lowest BCUT2D eigenvalue weighted by Gasteiger charge is -2.28. The lowest BCUT2D eigenvalue weighted by atomic mass is 10.1. The minimum Gasteiger partial charge on any atom is -0.341 e. The van der Waals surface area contributed by atoms with Gasteiger partial charge in [0.1, 0.15) is 6.04 Å². The van der Waals surface area contributed by atoms with Gasteiger partial charge in [-0.1, -0.05) is 6.07 Å². The van der Waals surface area contributed by atoms with Crippen molar-refractivity contribution >= 4 is 5.91 Å². The standard InChI is InChI=1S/C15H20N4O/c1-12(10-14-6-4-5-7-17-14)18(3)15(20)13(2)19-9-8-16-11-19/h4-9,11-13H,10H2,1-3H3/t12-,13-/m1/s1. The van der Waals surface area contributed by atoms with Crippen LogP contribution in [0.1, 0.15) is 25.6 Å². The predicted molar refractivity (Wildman–Crippen MR) is 77.1 cm³/mol. The van der Waals surface area contributed by atoms with Gasteiger partial charge < -0.3 is 9.47 Å². The van der Waals surface area contributed by atoms with E-state index in [4.69, 9.17) is 0 Å². The molecule has 0 fully saturated rings. The molecular formula is C15H20N4O.